The van der Waals surface area contributed by atoms with E-state index in [1.807, 2.05) is 19.1 Å². The lowest BCUT2D eigenvalue weighted by Crippen LogP contribution is -2.40. The van der Waals surface area contributed by atoms with Crippen molar-refractivity contribution in [2.45, 2.75) is 70.9 Å². The molecule has 6 heteroatoms. The molecule has 1 saturated carbocycles. The number of methoxy groups -OCH3 is 1. The van der Waals surface area contributed by atoms with Gasteiger partial charge in [0.15, 0.2) is 0 Å². The van der Waals surface area contributed by atoms with E-state index in [0.717, 1.165) is 28.8 Å². The standard InChI is InChI=1S/C23H29NO5/c1-15-17-10-11-20-19(22(17)29-23(26)18(15)12-21(25)27-2)13-24(14-28-20)16-8-6-4-3-5-7-9-16/h10-11,16H,3-9,12-14H2,1-2H3. The maximum Gasteiger partial charge on any atom is 0.340 e. The van der Waals surface area contributed by atoms with E-state index in [4.69, 9.17) is 13.9 Å². The van der Waals surface area contributed by atoms with Crippen LogP contribution >= 0.6 is 0 Å². The fraction of sp³-hybridized carbons (Fsp3) is 0.565. The summed E-state index contributed by atoms with van der Waals surface area (Å²) in [5.74, 6) is 0.333. The minimum atomic E-state index is -0.475. The number of hydrogen-bond donors (Lipinski definition) is 0. The van der Waals surface area contributed by atoms with Crippen LogP contribution in [-0.4, -0.2) is 30.8 Å². The number of carbonyl (C=O) groups is 1. The molecule has 2 heterocycles. The largest absolute Gasteiger partial charge is 0.478 e. The van der Waals surface area contributed by atoms with Gasteiger partial charge in [-0.15, -0.1) is 0 Å². The van der Waals surface area contributed by atoms with Gasteiger partial charge in [-0.05, 0) is 37.5 Å². The van der Waals surface area contributed by atoms with Gasteiger partial charge in [-0.25, -0.2) is 4.79 Å². The van der Waals surface area contributed by atoms with E-state index >= 15 is 0 Å². The van der Waals surface area contributed by atoms with Crippen LogP contribution in [0.2, 0.25) is 0 Å². The quantitative estimate of drug-likeness (QED) is 0.572. The number of carbonyl (C=O) groups excluding carboxylic acids is 1. The summed E-state index contributed by atoms with van der Waals surface area (Å²) >= 11 is 0. The topological polar surface area (TPSA) is 69.0 Å². The maximum absolute atomic E-state index is 12.6. The minimum Gasteiger partial charge on any atom is -0.478 e. The van der Waals surface area contributed by atoms with E-state index < -0.39 is 11.6 Å². The Kier molecular flexibility index (Phi) is 5.90. The molecule has 0 atom stereocenters. The first-order chi connectivity index (χ1) is 14.1. The molecule has 156 valence electrons. The third kappa shape index (κ3) is 4.04. The predicted octanol–water partition coefficient (Wildman–Crippen LogP) is 4.08. The summed E-state index contributed by atoms with van der Waals surface area (Å²) < 4.78 is 16.5. The van der Waals surface area contributed by atoms with Gasteiger partial charge >= 0.3 is 11.6 Å². The molecule has 6 nitrogen and oxygen atoms in total. The lowest BCUT2D eigenvalue weighted by atomic mass is 9.94. The molecule has 0 unspecified atom stereocenters. The van der Waals surface area contributed by atoms with Gasteiger partial charge in [-0.2, -0.15) is 0 Å². The first kappa shape index (κ1) is 20.0. The summed E-state index contributed by atoms with van der Waals surface area (Å²) in [6.07, 6.45) is 8.77. The van der Waals surface area contributed by atoms with Gasteiger partial charge in [-0.3, -0.25) is 9.69 Å². The molecule has 1 aliphatic carbocycles. The van der Waals surface area contributed by atoms with Gasteiger partial charge in [0.25, 0.3) is 0 Å². The van der Waals surface area contributed by atoms with Crippen molar-refractivity contribution in [2.24, 2.45) is 0 Å². The molecule has 0 amide bonds. The second kappa shape index (κ2) is 8.57. The van der Waals surface area contributed by atoms with Crippen LogP contribution in [0.1, 0.15) is 61.6 Å². The molecule has 1 aromatic carbocycles. The molecule has 0 spiro atoms. The molecule has 0 radical (unpaired) electrons. The van der Waals surface area contributed by atoms with Crippen molar-refractivity contribution in [1.29, 1.82) is 0 Å². The first-order valence-corrected chi connectivity index (χ1v) is 10.6. The molecule has 2 aromatic rings. The zero-order chi connectivity index (χ0) is 20.4. The van der Waals surface area contributed by atoms with Gasteiger partial charge in [0.2, 0.25) is 0 Å². The molecule has 2 aliphatic rings. The summed E-state index contributed by atoms with van der Waals surface area (Å²) in [5, 5.41) is 0.852. The number of hydrogen-bond acceptors (Lipinski definition) is 6. The average molecular weight is 399 g/mol. The van der Waals surface area contributed by atoms with Crippen LogP contribution in [0.25, 0.3) is 11.0 Å². The Bertz CT molecular complexity index is 956. The van der Waals surface area contributed by atoms with Crippen molar-refractivity contribution in [2.75, 3.05) is 13.8 Å². The molecule has 0 saturated heterocycles. The highest BCUT2D eigenvalue weighted by Crippen LogP contribution is 2.35. The number of fused-ring (bicyclic) bond motifs is 3. The molecule has 0 N–H and O–H groups in total. The van der Waals surface area contributed by atoms with Gasteiger partial charge in [0.05, 0.1) is 24.7 Å². The fourth-order valence-corrected chi connectivity index (χ4v) is 4.63. The Balaban J connectivity index is 1.69. The number of esters is 1. The van der Waals surface area contributed by atoms with E-state index in [9.17, 15) is 9.59 Å². The van der Waals surface area contributed by atoms with Crippen molar-refractivity contribution in [1.82, 2.24) is 4.90 Å². The van der Waals surface area contributed by atoms with Gasteiger partial charge in [0, 0.05) is 18.0 Å². The van der Waals surface area contributed by atoms with Gasteiger partial charge in [-0.1, -0.05) is 32.1 Å². The zero-order valence-corrected chi connectivity index (χ0v) is 17.3. The van der Waals surface area contributed by atoms with Crippen LogP contribution in [-0.2, 0) is 22.5 Å². The van der Waals surface area contributed by atoms with Crippen LogP contribution in [0.4, 0.5) is 0 Å². The van der Waals surface area contributed by atoms with E-state index in [1.165, 1.54) is 52.1 Å². The lowest BCUT2D eigenvalue weighted by molar-refractivity contribution is -0.139. The number of ether oxygens (including phenoxy) is 2. The van der Waals surface area contributed by atoms with Crippen LogP contribution in [0.5, 0.6) is 5.75 Å². The number of aryl methyl sites for hydroxylation is 1. The Labute approximate surface area is 170 Å². The van der Waals surface area contributed by atoms with E-state index in [0.29, 0.717) is 23.9 Å². The molecule has 1 fully saturated rings. The summed E-state index contributed by atoms with van der Waals surface area (Å²) in [5.41, 5.74) is 2.16. The summed E-state index contributed by atoms with van der Waals surface area (Å²) in [6.45, 7) is 3.16. The first-order valence-electron chi connectivity index (χ1n) is 10.6. The van der Waals surface area contributed by atoms with Crippen LogP contribution in [0.3, 0.4) is 0 Å². The molecular weight excluding hydrogens is 370 g/mol. The normalized spacial score (nSPS) is 18.6. The van der Waals surface area contributed by atoms with E-state index in [1.54, 1.807) is 0 Å². The molecule has 1 aromatic heterocycles. The Hall–Kier alpha value is -2.34. The monoisotopic (exact) mass is 399 g/mol. The highest BCUT2D eigenvalue weighted by atomic mass is 16.5. The summed E-state index contributed by atoms with van der Waals surface area (Å²) in [7, 11) is 1.32. The number of benzene rings is 1. The van der Waals surface area contributed by atoms with Crippen molar-refractivity contribution < 1.29 is 18.7 Å². The van der Waals surface area contributed by atoms with Crippen molar-refractivity contribution >= 4 is 16.9 Å². The summed E-state index contributed by atoms with van der Waals surface area (Å²) in [6, 6.07) is 4.37. The van der Waals surface area contributed by atoms with Crippen molar-refractivity contribution in [3.8, 4) is 5.75 Å². The average Bonchev–Trinajstić information content (AvgIpc) is 2.70. The summed E-state index contributed by atoms with van der Waals surface area (Å²) in [4.78, 5) is 26.7. The highest BCUT2D eigenvalue weighted by molar-refractivity contribution is 5.87. The Morgan fingerprint density at radius 1 is 1.17 bits per heavy atom. The predicted molar refractivity (Wildman–Crippen MR) is 110 cm³/mol. The smallest absolute Gasteiger partial charge is 0.340 e. The Morgan fingerprint density at radius 3 is 2.62 bits per heavy atom. The highest BCUT2D eigenvalue weighted by Gasteiger charge is 2.28. The molecule has 0 bridgehead atoms. The third-order valence-corrected chi connectivity index (χ3v) is 6.40. The maximum atomic E-state index is 12.6. The molecule has 4 rings (SSSR count). The molecule has 29 heavy (non-hydrogen) atoms. The second-order valence-electron chi connectivity index (χ2n) is 8.18. The minimum absolute atomic E-state index is 0.0810. The van der Waals surface area contributed by atoms with Crippen molar-refractivity contribution in [3.63, 3.8) is 0 Å². The van der Waals surface area contributed by atoms with Gasteiger partial charge < -0.3 is 13.9 Å². The molecule has 1 aliphatic heterocycles. The van der Waals surface area contributed by atoms with E-state index in [2.05, 4.69) is 4.90 Å². The Morgan fingerprint density at radius 2 is 1.90 bits per heavy atom. The zero-order valence-electron chi connectivity index (χ0n) is 17.3. The third-order valence-electron chi connectivity index (χ3n) is 6.40. The van der Waals surface area contributed by atoms with Crippen LogP contribution in [0, 0.1) is 6.92 Å². The number of nitrogens with zero attached hydrogens (tertiary/aromatic N) is 1. The second-order valence-corrected chi connectivity index (χ2v) is 8.18. The van der Waals surface area contributed by atoms with Crippen LogP contribution in [0.15, 0.2) is 21.3 Å². The van der Waals surface area contributed by atoms with Gasteiger partial charge in [0.1, 0.15) is 18.1 Å². The van der Waals surface area contributed by atoms with Crippen molar-refractivity contribution in [3.05, 3.63) is 39.2 Å². The molecular formula is C23H29NO5. The SMILES string of the molecule is COC(=O)Cc1c(C)c2ccc3c(c2oc1=O)CN(C1CCCCCCC1)CO3. The lowest BCUT2D eigenvalue weighted by Gasteiger charge is -2.36. The van der Waals surface area contributed by atoms with Crippen LogP contribution < -0.4 is 10.4 Å². The number of rotatable bonds is 3. The van der Waals surface area contributed by atoms with E-state index in [-0.39, 0.29) is 6.42 Å². The fourth-order valence-electron chi connectivity index (χ4n) is 4.63.